The second-order valence-electron chi connectivity index (χ2n) is 8.11. The minimum absolute atomic E-state index is 0.128. The Hall–Kier alpha value is -3.33. The number of halogens is 1. The zero-order chi connectivity index (χ0) is 24.7. The van der Waals surface area contributed by atoms with Gasteiger partial charge in [0.25, 0.3) is 21.2 Å². The molecular weight excluding hydrogens is 504 g/mol. The zero-order valence-electron chi connectivity index (χ0n) is 18.5. The maximum Gasteiger partial charge on any atom is 0.293 e. The van der Waals surface area contributed by atoms with Crippen molar-refractivity contribution in [1.82, 2.24) is 8.87 Å². The number of hydrogen-bond donors (Lipinski definition) is 0. The smallest absolute Gasteiger partial charge is 0.268 e. The summed E-state index contributed by atoms with van der Waals surface area (Å²) in [5.74, 6) is -0.423. The summed E-state index contributed by atoms with van der Waals surface area (Å²) in [4.78, 5) is 27.2. The molecule has 1 aromatic heterocycles. The second-order valence-corrected chi connectivity index (χ2v) is 11.4. The number of para-hydroxylation sites is 1. The fourth-order valence-electron chi connectivity index (χ4n) is 3.86. The molecule has 5 rings (SSSR count). The highest BCUT2D eigenvalue weighted by Gasteiger charge is 2.35. The van der Waals surface area contributed by atoms with Gasteiger partial charge in [-0.3, -0.25) is 14.5 Å². The van der Waals surface area contributed by atoms with Crippen LogP contribution in [0.3, 0.4) is 0 Å². The van der Waals surface area contributed by atoms with Crippen molar-refractivity contribution in [2.24, 2.45) is 0 Å². The zero-order valence-corrected chi connectivity index (χ0v) is 20.9. The third-order valence-corrected chi connectivity index (χ3v) is 8.55. The van der Waals surface area contributed by atoms with Crippen LogP contribution in [0.15, 0.2) is 88.8 Å². The standard InChI is InChI=1S/C26H19ClN2O4S2/c1-17-6-12-21(13-7-17)35(32,33)29-16-19(22-4-2-3-5-23(22)29)14-24-25(30)28(26(31)34-24)15-18-8-10-20(27)11-9-18/h2-14,16H,15H2,1H3/b24-14-. The van der Waals surface area contributed by atoms with E-state index in [1.54, 1.807) is 78.9 Å². The Morgan fingerprint density at radius 2 is 1.63 bits per heavy atom. The van der Waals surface area contributed by atoms with Crippen LogP contribution in [0.5, 0.6) is 0 Å². The average Bonchev–Trinajstić information content (AvgIpc) is 3.34. The number of imide groups is 1. The lowest BCUT2D eigenvalue weighted by atomic mass is 10.1. The van der Waals surface area contributed by atoms with Gasteiger partial charge in [-0.25, -0.2) is 12.4 Å². The number of rotatable bonds is 5. The lowest BCUT2D eigenvalue weighted by Gasteiger charge is -2.12. The number of thioether (sulfide) groups is 1. The van der Waals surface area contributed by atoms with Crippen molar-refractivity contribution in [3.05, 3.63) is 106 Å². The van der Waals surface area contributed by atoms with Crippen LogP contribution in [0.2, 0.25) is 5.02 Å². The minimum atomic E-state index is -3.87. The van der Waals surface area contributed by atoms with Crippen LogP contribution in [0.25, 0.3) is 17.0 Å². The van der Waals surface area contributed by atoms with Gasteiger partial charge in [0.15, 0.2) is 0 Å². The number of fused-ring (bicyclic) bond motifs is 1. The van der Waals surface area contributed by atoms with Gasteiger partial charge in [0.05, 0.1) is 21.9 Å². The van der Waals surface area contributed by atoms with Gasteiger partial charge >= 0.3 is 0 Å². The number of hydrogen-bond acceptors (Lipinski definition) is 5. The molecular formula is C26H19ClN2O4S2. The molecule has 0 unspecified atom stereocenters. The van der Waals surface area contributed by atoms with Crippen LogP contribution in [-0.2, 0) is 21.4 Å². The summed E-state index contributed by atoms with van der Waals surface area (Å²) in [6, 6.07) is 20.6. The molecule has 0 atom stereocenters. The largest absolute Gasteiger partial charge is 0.293 e. The van der Waals surface area contributed by atoms with Crippen LogP contribution in [-0.4, -0.2) is 28.4 Å². The molecule has 0 bridgehead atoms. The summed E-state index contributed by atoms with van der Waals surface area (Å²) >= 11 is 6.76. The SMILES string of the molecule is Cc1ccc(S(=O)(=O)n2cc(/C=C3\SC(=O)N(Cc4ccc(Cl)cc4)C3=O)c3ccccc32)cc1. The molecule has 1 fully saturated rings. The quantitative estimate of drug-likeness (QED) is 0.297. The number of aromatic nitrogens is 1. The van der Waals surface area contributed by atoms with Crippen molar-refractivity contribution < 1.29 is 18.0 Å². The molecule has 9 heteroatoms. The Balaban J connectivity index is 1.53. The van der Waals surface area contributed by atoms with E-state index in [4.69, 9.17) is 11.6 Å². The Kier molecular flexibility index (Phi) is 6.04. The van der Waals surface area contributed by atoms with E-state index in [1.165, 1.54) is 15.1 Å². The van der Waals surface area contributed by atoms with Crippen molar-refractivity contribution in [2.75, 3.05) is 0 Å². The molecule has 0 aliphatic carbocycles. The van der Waals surface area contributed by atoms with Crippen molar-refractivity contribution in [3.8, 4) is 0 Å². The second kappa shape index (κ2) is 9.03. The summed E-state index contributed by atoms with van der Waals surface area (Å²) in [6.45, 7) is 2.02. The lowest BCUT2D eigenvalue weighted by Crippen LogP contribution is -2.27. The fourth-order valence-corrected chi connectivity index (χ4v) is 6.20. The average molecular weight is 523 g/mol. The first-order valence-corrected chi connectivity index (χ1v) is 13.3. The lowest BCUT2D eigenvalue weighted by molar-refractivity contribution is -0.123. The number of carbonyl (C=O) groups excluding carboxylic acids is 2. The summed E-state index contributed by atoms with van der Waals surface area (Å²) < 4.78 is 28.0. The van der Waals surface area contributed by atoms with Gasteiger partial charge in [-0.15, -0.1) is 0 Å². The Morgan fingerprint density at radius 1 is 0.943 bits per heavy atom. The topological polar surface area (TPSA) is 76.5 Å². The van der Waals surface area contributed by atoms with Gasteiger partial charge < -0.3 is 0 Å². The normalized spacial score (nSPS) is 15.5. The molecule has 2 heterocycles. The monoisotopic (exact) mass is 522 g/mol. The summed E-state index contributed by atoms with van der Waals surface area (Å²) in [5.41, 5.74) is 2.75. The predicted molar refractivity (Wildman–Crippen MR) is 139 cm³/mol. The molecule has 2 amide bonds. The van der Waals surface area contributed by atoms with Crippen molar-refractivity contribution in [1.29, 1.82) is 0 Å². The predicted octanol–water partition coefficient (Wildman–Crippen LogP) is 6.08. The van der Waals surface area contributed by atoms with E-state index in [-0.39, 0.29) is 21.6 Å². The molecule has 1 saturated heterocycles. The first-order valence-electron chi connectivity index (χ1n) is 10.7. The number of nitrogens with zero attached hydrogens (tertiary/aromatic N) is 2. The highest BCUT2D eigenvalue weighted by Crippen LogP contribution is 2.35. The molecule has 3 aromatic carbocycles. The molecule has 35 heavy (non-hydrogen) atoms. The molecule has 1 aliphatic rings. The molecule has 0 saturated carbocycles. The van der Waals surface area contributed by atoms with Gasteiger partial charge in [0.2, 0.25) is 0 Å². The number of benzene rings is 3. The molecule has 0 spiro atoms. The molecule has 4 aromatic rings. The van der Waals surface area contributed by atoms with Crippen LogP contribution in [0.4, 0.5) is 4.79 Å². The van der Waals surface area contributed by atoms with Crippen LogP contribution < -0.4 is 0 Å². The third kappa shape index (κ3) is 4.40. The molecule has 176 valence electrons. The van der Waals surface area contributed by atoms with Crippen LogP contribution >= 0.6 is 23.4 Å². The third-order valence-electron chi connectivity index (χ3n) is 5.70. The molecule has 0 radical (unpaired) electrons. The van der Waals surface area contributed by atoms with E-state index in [0.717, 1.165) is 22.9 Å². The van der Waals surface area contributed by atoms with Crippen LogP contribution in [0, 0.1) is 6.92 Å². The summed E-state index contributed by atoms with van der Waals surface area (Å²) in [7, 11) is -3.87. The molecule has 1 aliphatic heterocycles. The van der Waals surface area contributed by atoms with E-state index in [9.17, 15) is 18.0 Å². The number of aryl methyl sites for hydroxylation is 1. The first-order chi connectivity index (χ1) is 16.7. The van der Waals surface area contributed by atoms with E-state index in [1.807, 2.05) is 6.92 Å². The minimum Gasteiger partial charge on any atom is -0.268 e. The molecule has 6 nitrogen and oxygen atoms in total. The van der Waals surface area contributed by atoms with Gasteiger partial charge in [0, 0.05) is 22.2 Å². The van der Waals surface area contributed by atoms with Gasteiger partial charge in [-0.1, -0.05) is 59.6 Å². The van der Waals surface area contributed by atoms with Gasteiger partial charge in [-0.2, -0.15) is 0 Å². The maximum atomic E-state index is 13.4. The van der Waals surface area contributed by atoms with E-state index >= 15 is 0 Å². The summed E-state index contributed by atoms with van der Waals surface area (Å²) in [5, 5.41) is 0.847. The Labute approximate surface area is 211 Å². The van der Waals surface area contributed by atoms with Crippen molar-refractivity contribution >= 4 is 61.5 Å². The summed E-state index contributed by atoms with van der Waals surface area (Å²) in [6.07, 6.45) is 3.07. The van der Waals surface area contributed by atoms with Crippen LogP contribution in [0.1, 0.15) is 16.7 Å². The maximum absolute atomic E-state index is 13.4. The highest BCUT2D eigenvalue weighted by molar-refractivity contribution is 8.18. The Bertz CT molecular complexity index is 1610. The van der Waals surface area contributed by atoms with E-state index in [2.05, 4.69) is 0 Å². The van der Waals surface area contributed by atoms with Crippen molar-refractivity contribution in [3.63, 3.8) is 0 Å². The highest BCUT2D eigenvalue weighted by atomic mass is 35.5. The van der Waals surface area contributed by atoms with E-state index < -0.39 is 15.9 Å². The van der Waals surface area contributed by atoms with Gasteiger partial charge in [-0.05, 0) is 60.7 Å². The number of amides is 2. The molecule has 0 N–H and O–H groups in total. The van der Waals surface area contributed by atoms with Gasteiger partial charge in [0.1, 0.15) is 0 Å². The fraction of sp³-hybridized carbons (Fsp3) is 0.0769. The van der Waals surface area contributed by atoms with Crippen molar-refractivity contribution in [2.45, 2.75) is 18.4 Å². The van der Waals surface area contributed by atoms with E-state index in [0.29, 0.717) is 21.5 Å². The Morgan fingerprint density at radius 3 is 2.34 bits per heavy atom. The number of carbonyl (C=O) groups is 2. The first kappa shape index (κ1) is 23.4.